The van der Waals surface area contributed by atoms with Crippen LogP contribution in [0.15, 0.2) is 66.0 Å². The van der Waals surface area contributed by atoms with Crippen LogP contribution in [0.1, 0.15) is 138 Å². The van der Waals surface area contributed by atoms with Crippen LogP contribution < -0.4 is 10.2 Å². The molecule has 2 N–H and O–H groups in total. The first-order chi connectivity index (χ1) is 34.2. The minimum absolute atomic E-state index is 0.0368. The zero-order valence-electron chi connectivity index (χ0n) is 41.3. The van der Waals surface area contributed by atoms with Crippen molar-refractivity contribution in [2.75, 3.05) is 50.7 Å². The number of hydrogen-bond donors (Lipinski definition) is 2. The van der Waals surface area contributed by atoms with E-state index in [4.69, 9.17) is 26.1 Å². The molecule has 0 bridgehead atoms. The van der Waals surface area contributed by atoms with Crippen LogP contribution in [0.25, 0.3) is 11.0 Å². The van der Waals surface area contributed by atoms with E-state index in [-0.39, 0.29) is 41.6 Å². The molecule has 2 aromatic heterocycles. The summed E-state index contributed by atoms with van der Waals surface area (Å²) in [5, 5.41) is 4.67. The standard InChI is InChI=1S/C54H68ClFIN9O5/c1-52(2,3)71-51(69)66-50(53(66)23-32-64(33-24-53)47-43-18-26-58-46(43)59-34-60-47)62-54(57,37-14-16-38(55)17-15-37)25-31-63-27-19-39(20-28-63)70-40-21-29-65(30-22-40)49(68)45(36-8-5-4-6-9-36)61-48(67)42-11-7-10-41(44(42)56)35-12-13-35/h7,10-11,14-18,26,34-36,39-40,45H,4-6,8-9,12-13,19-25,27-33H2,1-3H3,(H,61,67)(H,58,59,60)/t45-,54-,66?/m1/s1. The topological polar surface area (TPSA) is 148 Å². The number of piperidine rings is 3. The van der Waals surface area contributed by atoms with E-state index in [9.17, 15) is 14.4 Å². The van der Waals surface area contributed by atoms with Crippen LogP contribution in [0.4, 0.5) is 15.0 Å². The Morgan fingerprint density at radius 3 is 2.27 bits per heavy atom. The highest BCUT2D eigenvalue weighted by Gasteiger charge is 2.65. The van der Waals surface area contributed by atoms with Crippen molar-refractivity contribution in [3.63, 3.8) is 0 Å². The fourth-order valence-electron chi connectivity index (χ4n) is 11.6. The van der Waals surface area contributed by atoms with Gasteiger partial charge in [0.15, 0.2) is 0 Å². The Balaban J connectivity index is 0.756. The molecule has 2 aromatic carbocycles. The first kappa shape index (κ1) is 50.2. The third-order valence-electron chi connectivity index (χ3n) is 15.8. The molecule has 14 nitrogen and oxygen atoms in total. The summed E-state index contributed by atoms with van der Waals surface area (Å²) in [4.78, 5) is 68.2. The van der Waals surface area contributed by atoms with E-state index in [0.717, 1.165) is 125 Å². The number of hydrogen-bond acceptors (Lipinski definition) is 10. The largest absolute Gasteiger partial charge is 0.443 e. The van der Waals surface area contributed by atoms with E-state index in [0.29, 0.717) is 49.6 Å². The van der Waals surface area contributed by atoms with Gasteiger partial charge in [0, 0.05) is 57.0 Å². The molecule has 0 unspecified atom stereocenters. The SMILES string of the molecule is CC(C)(C)OC(=O)N1C(=N[C@](I)(CCN2CCC(OC3CCN(C(=O)[C@H](NC(=O)c4cccc(C5CC5)c4F)C4CCCCC4)CC3)CC2)c2ccc(Cl)cc2)C12CCN(c1ncnc3[nH]ccc13)CC2. The Morgan fingerprint density at radius 1 is 0.901 bits per heavy atom. The molecular formula is C54H68ClFIN9O5. The lowest BCUT2D eigenvalue weighted by Crippen LogP contribution is -2.55. The Morgan fingerprint density at radius 2 is 1.59 bits per heavy atom. The van der Waals surface area contributed by atoms with Gasteiger partial charge in [-0.15, -0.1) is 0 Å². The monoisotopic (exact) mass is 1100 g/mol. The van der Waals surface area contributed by atoms with Crippen molar-refractivity contribution >= 4 is 74.8 Å². The Hall–Kier alpha value is -4.39. The number of amides is 3. The molecule has 17 heteroatoms. The maximum absolute atomic E-state index is 15.5. The van der Waals surface area contributed by atoms with E-state index < -0.39 is 32.5 Å². The Bertz CT molecular complexity index is 2590. The number of benzene rings is 2. The summed E-state index contributed by atoms with van der Waals surface area (Å²) in [6.07, 6.45) is 15.5. The van der Waals surface area contributed by atoms with Crippen LogP contribution in [0.5, 0.6) is 0 Å². The molecule has 10 rings (SSSR count). The van der Waals surface area contributed by atoms with Crippen molar-refractivity contribution in [1.82, 2.24) is 35.0 Å². The molecular weight excluding hydrogens is 1040 g/mol. The highest BCUT2D eigenvalue weighted by molar-refractivity contribution is 14.1. The molecule has 4 saturated heterocycles. The van der Waals surface area contributed by atoms with Gasteiger partial charge < -0.3 is 34.5 Å². The van der Waals surface area contributed by atoms with Crippen LogP contribution >= 0.6 is 34.2 Å². The molecule has 2 atom stereocenters. The number of carbonyl (C=O) groups is 3. The smallest absolute Gasteiger partial charge is 0.416 e. The summed E-state index contributed by atoms with van der Waals surface area (Å²) in [5.41, 5.74) is 1.25. The molecule has 1 spiro atoms. The number of fused-ring (bicyclic) bond motifs is 1. The molecule has 380 valence electrons. The molecule has 4 aliphatic heterocycles. The number of aromatic amines is 1. The van der Waals surface area contributed by atoms with Gasteiger partial charge >= 0.3 is 6.09 Å². The number of ether oxygens (including phenoxy) is 2. The molecule has 6 fully saturated rings. The van der Waals surface area contributed by atoms with Crippen molar-refractivity contribution in [1.29, 1.82) is 0 Å². The second kappa shape index (κ2) is 20.9. The van der Waals surface area contributed by atoms with Gasteiger partial charge in [-0.25, -0.2) is 29.0 Å². The van der Waals surface area contributed by atoms with Crippen LogP contribution in [-0.2, 0) is 17.8 Å². The number of aliphatic imine (C=N–C) groups is 1. The lowest BCUT2D eigenvalue weighted by Gasteiger charge is -2.39. The van der Waals surface area contributed by atoms with E-state index in [1.54, 1.807) is 29.4 Å². The lowest BCUT2D eigenvalue weighted by atomic mass is 9.83. The number of amidine groups is 1. The molecule has 2 saturated carbocycles. The summed E-state index contributed by atoms with van der Waals surface area (Å²) < 4.78 is 27.6. The maximum atomic E-state index is 15.5. The fraction of sp³-hybridized carbons (Fsp3) is 0.593. The van der Waals surface area contributed by atoms with Gasteiger partial charge in [-0.1, -0.05) is 55.1 Å². The van der Waals surface area contributed by atoms with Crippen molar-refractivity contribution < 1.29 is 28.2 Å². The highest BCUT2D eigenvalue weighted by Crippen LogP contribution is 2.50. The van der Waals surface area contributed by atoms with Crippen molar-refractivity contribution in [3.05, 3.63) is 88.6 Å². The number of nitrogens with one attached hydrogen (secondary N) is 2. The van der Waals surface area contributed by atoms with Gasteiger partial charge in [0.25, 0.3) is 5.91 Å². The second-order valence-electron chi connectivity index (χ2n) is 21.8. The van der Waals surface area contributed by atoms with Crippen LogP contribution in [0.3, 0.4) is 0 Å². The highest BCUT2D eigenvalue weighted by atomic mass is 127. The maximum Gasteiger partial charge on any atom is 0.416 e. The lowest BCUT2D eigenvalue weighted by molar-refractivity contribution is -0.139. The second-order valence-corrected chi connectivity index (χ2v) is 24.0. The third kappa shape index (κ3) is 11.1. The van der Waals surface area contributed by atoms with Crippen LogP contribution in [0.2, 0.25) is 5.02 Å². The molecule has 3 amide bonds. The predicted octanol–water partition coefficient (Wildman–Crippen LogP) is 10.1. The number of halogens is 3. The first-order valence-electron chi connectivity index (χ1n) is 26.1. The molecule has 71 heavy (non-hydrogen) atoms. The molecule has 6 heterocycles. The number of carbonyl (C=O) groups excluding carboxylic acids is 3. The zero-order chi connectivity index (χ0) is 49.5. The van der Waals surface area contributed by atoms with E-state index in [1.165, 1.54) is 0 Å². The molecule has 6 aliphatic rings. The Kier molecular flexibility index (Phi) is 14.7. The van der Waals surface area contributed by atoms with Gasteiger partial charge in [-0.3, -0.25) is 9.59 Å². The summed E-state index contributed by atoms with van der Waals surface area (Å²) in [5.74, 6) is 0.887. The minimum Gasteiger partial charge on any atom is -0.443 e. The Labute approximate surface area is 435 Å². The zero-order valence-corrected chi connectivity index (χ0v) is 44.2. The van der Waals surface area contributed by atoms with Gasteiger partial charge in [0.2, 0.25) is 5.91 Å². The minimum atomic E-state index is -0.683. The predicted molar refractivity (Wildman–Crippen MR) is 282 cm³/mol. The summed E-state index contributed by atoms with van der Waals surface area (Å²) in [6.45, 7) is 10.8. The quantitative estimate of drug-likeness (QED) is 0.0578. The average molecular weight is 1100 g/mol. The third-order valence-corrected chi connectivity index (χ3v) is 17.4. The van der Waals surface area contributed by atoms with E-state index in [1.807, 2.05) is 62.2 Å². The fourth-order valence-corrected chi connectivity index (χ4v) is 12.5. The van der Waals surface area contributed by atoms with Crippen molar-refractivity contribution in [3.8, 4) is 0 Å². The molecule has 0 radical (unpaired) electrons. The number of likely N-dealkylation sites (tertiary alicyclic amines) is 2. The average Bonchev–Trinajstić information content (AvgIpc) is 4.25. The van der Waals surface area contributed by atoms with Gasteiger partial charge in [-0.2, -0.15) is 0 Å². The summed E-state index contributed by atoms with van der Waals surface area (Å²) in [6, 6.07) is 14.3. The van der Waals surface area contributed by atoms with Gasteiger partial charge in [0.1, 0.15) is 50.2 Å². The van der Waals surface area contributed by atoms with Gasteiger partial charge in [0.05, 0.1) is 23.2 Å². The van der Waals surface area contributed by atoms with Crippen LogP contribution in [-0.4, -0.2) is 129 Å². The number of anilines is 1. The number of nitrogens with zero attached hydrogens (tertiary/aromatic N) is 7. The van der Waals surface area contributed by atoms with E-state index in [2.05, 4.69) is 52.7 Å². The van der Waals surface area contributed by atoms with Crippen molar-refractivity contribution in [2.24, 2.45) is 10.9 Å². The van der Waals surface area contributed by atoms with E-state index >= 15 is 4.39 Å². The normalized spacial score (nSPS) is 22.5. The first-order valence-corrected chi connectivity index (χ1v) is 27.5. The summed E-state index contributed by atoms with van der Waals surface area (Å²) >= 11 is 8.92. The van der Waals surface area contributed by atoms with Crippen molar-refractivity contribution in [2.45, 2.75) is 150 Å². The number of alkyl halides is 1. The summed E-state index contributed by atoms with van der Waals surface area (Å²) in [7, 11) is 0. The number of H-pyrrole nitrogens is 1. The molecule has 2 aliphatic carbocycles. The van der Waals surface area contributed by atoms with Crippen LogP contribution in [0, 0.1) is 11.7 Å². The van der Waals surface area contributed by atoms with Gasteiger partial charge in [-0.05, 0) is 161 Å². The number of rotatable bonds is 13. The molecule has 4 aromatic rings. The number of aromatic nitrogens is 3.